The number of aromatic nitrogens is 2. The van der Waals surface area contributed by atoms with E-state index < -0.39 is 35.9 Å². The molecule has 5 rings (SSSR count). The van der Waals surface area contributed by atoms with Crippen molar-refractivity contribution in [3.63, 3.8) is 0 Å². The molecule has 0 radical (unpaired) electrons. The van der Waals surface area contributed by atoms with Crippen LogP contribution in [0.15, 0.2) is 96.4 Å². The number of para-hydroxylation sites is 1. The molecule has 1 aromatic heterocycles. The molecule has 1 aliphatic heterocycles. The van der Waals surface area contributed by atoms with Gasteiger partial charge in [0.1, 0.15) is 11.9 Å². The van der Waals surface area contributed by atoms with E-state index in [0.717, 1.165) is 0 Å². The molecule has 1 aliphatic rings. The van der Waals surface area contributed by atoms with Crippen LogP contribution in [-0.2, 0) is 22.6 Å². The molecule has 3 amide bonds. The molecule has 210 valence electrons. The average molecular weight is 577 g/mol. The van der Waals surface area contributed by atoms with Gasteiger partial charge in [-0.2, -0.15) is 0 Å². The number of aliphatic carboxylic acids is 1. The maximum absolute atomic E-state index is 15.0. The van der Waals surface area contributed by atoms with Crippen LogP contribution in [0, 0.1) is 5.82 Å². The average Bonchev–Trinajstić information content (AvgIpc) is 3.44. The van der Waals surface area contributed by atoms with Gasteiger partial charge in [-0.1, -0.05) is 60.7 Å². The summed E-state index contributed by atoms with van der Waals surface area (Å²) in [5.74, 6) is -2.39. The van der Waals surface area contributed by atoms with Gasteiger partial charge in [0.05, 0.1) is 30.0 Å². The molecule has 4 N–H and O–H groups in total. The van der Waals surface area contributed by atoms with Gasteiger partial charge in [0.25, 0.3) is 5.91 Å². The number of halogens is 2. The van der Waals surface area contributed by atoms with Crippen LogP contribution in [0.1, 0.15) is 22.4 Å². The van der Waals surface area contributed by atoms with Crippen LogP contribution in [-0.4, -0.2) is 50.9 Å². The largest absolute Gasteiger partial charge is 0.480 e. The first-order valence-corrected chi connectivity index (χ1v) is 12.4. The predicted octanol–water partition coefficient (Wildman–Crippen LogP) is 3.68. The lowest BCUT2D eigenvalue weighted by Gasteiger charge is -2.25. The fourth-order valence-electron chi connectivity index (χ4n) is 4.47. The fraction of sp³-hybridized carbons (Fsp3) is 0.138. The van der Waals surface area contributed by atoms with Gasteiger partial charge >= 0.3 is 12.0 Å². The quantitative estimate of drug-likeness (QED) is 0.253. The zero-order valence-corrected chi connectivity index (χ0v) is 22.3. The smallest absolute Gasteiger partial charge is 0.326 e. The molecule has 0 aliphatic carbocycles. The molecule has 4 aromatic rings. The van der Waals surface area contributed by atoms with Crippen molar-refractivity contribution >= 4 is 41.7 Å². The summed E-state index contributed by atoms with van der Waals surface area (Å²) in [6.07, 6.45) is 1.59. The molecule has 0 unspecified atom stereocenters. The third-order valence-electron chi connectivity index (χ3n) is 6.37. The van der Waals surface area contributed by atoms with Crippen LogP contribution in [0.5, 0.6) is 0 Å². The molecule has 12 heteroatoms. The first-order chi connectivity index (χ1) is 19.4. The summed E-state index contributed by atoms with van der Waals surface area (Å²) in [4.78, 5) is 51.8. The number of urea groups is 1. The highest BCUT2D eigenvalue weighted by molar-refractivity contribution is 6.20. The lowest BCUT2D eigenvalue weighted by atomic mass is 9.99. The highest BCUT2D eigenvalue weighted by Crippen LogP contribution is 2.30. The number of carbonyl (C=O) groups excluding carboxylic acids is 2. The van der Waals surface area contributed by atoms with Crippen LogP contribution in [0.3, 0.4) is 0 Å². The number of carboxylic acid groups (broad SMARTS) is 1. The summed E-state index contributed by atoms with van der Waals surface area (Å²) in [5.41, 5.74) is 2.58. The fourth-order valence-corrected chi connectivity index (χ4v) is 4.47. The standard InChI is InChI=1S/C29H25FN6O4.ClH/c30-22-12-6-4-10-20(22)25-21-11-5-7-13-24(21)36(16-19-15-31-17-32-19)27(37)26(34-25)35-29(40)33-23(28(38)39)14-18-8-2-1-3-9-18;/h1-13,15,17,23,26H,14,16H2,(H,31,32)(H,38,39)(H2,33,35,40);1H/t23-,26-;/m0./s1. The molecule has 0 saturated carbocycles. The first-order valence-electron chi connectivity index (χ1n) is 12.4. The molecule has 10 nitrogen and oxygen atoms in total. The van der Waals surface area contributed by atoms with E-state index in [9.17, 15) is 19.5 Å². The Morgan fingerprint density at radius 2 is 1.68 bits per heavy atom. The van der Waals surface area contributed by atoms with Crippen molar-refractivity contribution in [2.45, 2.75) is 25.2 Å². The highest BCUT2D eigenvalue weighted by atomic mass is 35.5. The van der Waals surface area contributed by atoms with Crippen LogP contribution >= 0.6 is 12.4 Å². The second-order valence-corrected chi connectivity index (χ2v) is 9.08. The third kappa shape index (κ3) is 6.59. The number of benzodiazepines with no additional fused rings is 1. The van der Waals surface area contributed by atoms with Crippen molar-refractivity contribution in [2.75, 3.05) is 4.90 Å². The molecule has 0 fully saturated rings. The number of imidazole rings is 1. The van der Waals surface area contributed by atoms with Crippen molar-refractivity contribution in [2.24, 2.45) is 4.99 Å². The summed E-state index contributed by atoms with van der Waals surface area (Å²) >= 11 is 0. The molecule has 2 atom stereocenters. The van der Waals surface area contributed by atoms with Crippen molar-refractivity contribution in [1.29, 1.82) is 0 Å². The van der Waals surface area contributed by atoms with E-state index in [2.05, 4.69) is 25.6 Å². The van der Waals surface area contributed by atoms with E-state index in [1.807, 2.05) is 0 Å². The van der Waals surface area contributed by atoms with E-state index >= 15 is 4.39 Å². The molecule has 41 heavy (non-hydrogen) atoms. The third-order valence-corrected chi connectivity index (χ3v) is 6.37. The molecular formula is C29H26ClFN6O4. The second kappa shape index (κ2) is 12.9. The Labute approximate surface area is 240 Å². The molecule has 0 spiro atoms. The van der Waals surface area contributed by atoms with Crippen molar-refractivity contribution < 1.29 is 23.9 Å². The number of fused-ring (bicyclic) bond motifs is 1. The van der Waals surface area contributed by atoms with Gasteiger partial charge in [-0.15, -0.1) is 12.4 Å². The Bertz CT molecular complexity index is 1560. The highest BCUT2D eigenvalue weighted by Gasteiger charge is 2.34. The van der Waals surface area contributed by atoms with Crippen LogP contribution < -0.4 is 15.5 Å². The maximum Gasteiger partial charge on any atom is 0.326 e. The lowest BCUT2D eigenvalue weighted by Crippen LogP contribution is -2.53. The monoisotopic (exact) mass is 576 g/mol. The van der Waals surface area contributed by atoms with Crippen molar-refractivity contribution in [3.8, 4) is 0 Å². The van der Waals surface area contributed by atoms with Gasteiger partial charge in [0, 0.05) is 23.7 Å². The molecule has 3 aromatic carbocycles. The van der Waals surface area contributed by atoms with E-state index in [-0.39, 0.29) is 36.6 Å². The Morgan fingerprint density at radius 3 is 2.37 bits per heavy atom. The SMILES string of the molecule is Cl.O=C(N[C@@H](Cc1ccccc1)C(=O)O)N[C@@H]1N=C(c2ccccc2F)c2ccccc2N(Cc2cnc[nH]2)C1=O. The van der Waals surface area contributed by atoms with Crippen LogP contribution in [0.4, 0.5) is 14.9 Å². The number of amides is 3. The minimum Gasteiger partial charge on any atom is -0.480 e. The molecule has 0 bridgehead atoms. The zero-order valence-electron chi connectivity index (χ0n) is 21.5. The number of benzene rings is 3. The Balaban J connectivity index is 0.00000387. The van der Waals surface area contributed by atoms with Crippen LogP contribution in [0.2, 0.25) is 0 Å². The Morgan fingerprint density at radius 1 is 1.00 bits per heavy atom. The van der Waals surface area contributed by atoms with Crippen molar-refractivity contribution in [1.82, 2.24) is 20.6 Å². The van der Waals surface area contributed by atoms with Crippen LogP contribution in [0.25, 0.3) is 0 Å². The number of aromatic amines is 1. The number of H-pyrrole nitrogens is 1. The predicted molar refractivity (Wildman–Crippen MR) is 153 cm³/mol. The Kier molecular flexibility index (Phi) is 9.10. The summed E-state index contributed by atoms with van der Waals surface area (Å²) in [5, 5.41) is 14.6. The number of anilines is 1. The zero-order chi connectivity index (χ0) is 28.1. The minimum absolute atomic E-state index is 0. The van der Waals surface area contributed by atoms with Gasteiger partial charge < -0.3 is 25.6 Å². The van der Waals surface area contributed by atoms with Gasteiger partial charge in [-0.05, 0) is 23.8 Å². The summed E-state index contributed by atoms with van der Waals surface area (Å²) in [6, 6.07) is 19.6. The van der Waals surface area contributed by atoms with Crippen molar-refractivity contribution in [3.05, 3.63) is 120 Å². The number of nitrogens with zero attached hydrogens (tertiary/aromatic N) is 3. The number of hydrogen-bond acceptors (Lipinski definition) is 5. The van der Waals surface area contributed by atoms with Gasteiger partial charge in [0.2, 0.25) is 6.17 Å². The number of nitrogens with one attached hydrogen (secondary N) is 3. The molecule has 2 heterocycles. The van der Waals surface area contributed by atoms with E-state index in [4.69, 9.17) is 0 Å². The number of rotatable bonds is 8. The first kappa shape index (κ1) is 29.0. The van der Waals surface area contributed by atoms with Gasteiger partial charge in [-0.3, -0.25) is 4.79 Å². The van der Waals surface area contributed by atoms with E-state index in [0.29, 0.717) is 22.5 Å². The number of hydrogen-bond donors (Lipinski definition) is 4. The van der Waals surface area contributed by atoms with E-state index in [1.54, 1.807) is 72.9 Å². The normalized spacial score (nSPS) is 15.0. The number of carbonyl (C=O) groups is 3. The van der Waals surface area contributed by atoms with Gasteiger partial charge in [-0.25, -0.2) is 24.0 Å². The topological polar surface area (TPSA) is 140 Å². The maximum atomic E-state index is 15.0. The van der Waals surface area contributed by atoms with E-state index in [1.165, 1.54) is 23.4 Å². The summed E-state index contributed by atoms with van der Waals surface area (Å²) in [6.45, 7) is 0.0709. The molecule has 0 saturated heterocycles. The lowest BCUT2D eigenvalue weighted by molar-refractivity contribution is -0.139. The second-order valence-electron chi connectivity index (χ2n) is 9.08. The summed E-state index contributed by atoms with van der Waals surface area (Å²) in [7, 11) is 0. The van der Waals surface area contributed by atoms with Gasteiger partial charge in [0.15, 0.2) is 0 Å². The number of aliphatic imine (C=N–C) groups is 1. The number of carboxylic acids is 1. The Hall–Kier alpha value is -5.03. The summed E-state index contributed by atoms with van der Waals surface area (Å²) < 4.78 is 15.0. The molecular weight excluding hydrogens is 551 g/mol. The minimum atomic E-state index is -1.49.